The number of carbonyl (C=O) groups excluding carboxylic acids is 1. The van der Waals surface area contributed by atoms with Gasteiger partial charge in [0.15, 0.2) is 0 Å². The molecule has 0 saturated carbocycles. The van der Waals surface area contributed by atoms with E-state index in [1.807, 2.05) is 18.2 Å². The van der Waals surface area contributed by atoms with Gasteiger partial charge in [0.25, 0.3) is 0 Å². The van der Waals surface area contributed by atoms with Crippen LogP contribution in [0.15, 0.2) is 24.3 Å². The SMILES string of the molecule is CC(C)(C)N(CC(=O)NCCc1cccc(Cl)c1)S(C)(=O)=O. The lowest BCUT2D eigenvalue weighted by molar-refractivity contribution is -0.121. The highest BCUT2D eigenvalue weighted by atomic mass is 35.5. The van der Waals surface area contributed by atoms with Crippen LogP contribution in [0.25, 0.3) is 0 Å². The van der Waals surface area contributed by atoms with Gasteiger partial charge in [0.2, 0.25) is 15.9 Å². The molecule has 0 heterocycles. The van der Waals surface area contributed by atoms with Gasteiger partial charge in [-0.25, -0.2) is 8.42 Å². The molecule has 124 valence electrons. The summed E-state index contributed by atoms with van der Waals surface area (Å²) in [5, 5.41) is 3.39. The van der Waals surface area contributed by atoms with Crippen LogP contribution in [0.4, 0.5) is 0 Å². The van der Waals surface area contributed by atoms with Crippen LogP contribution in [0.5, 0.6) is 0 Å². The molecule has 5 nitrogen and oxygen atoms in total. The van der Waals surface area contributed by atoms with Crippen LogP contribution in [-0.4, -0.2) is 43.5 Å². The van der Waals surface area contributed by atoms with Gasteiger partial charge >= 0.3 is 0 Å². The number of rotatable bonds is 6. The quantitative estimate of drug-likeness (QED) is 0.857. The monoisotopic (exact) mass is 346 g/mol. The van der Waals surface area contributed by atoms with Crippen LogP contribution >= 0.6 is 11.6 Å². The van der Waals surface area contributed by atoms with E-state index in [0.717, 1.165) is 11.8 Å². The molecule has 7 heteroatoms. The standard InChI is InChI=1S/C15H23ClN2O3S/c1-15(2,3)18(22(4,20)21)11-14(19)17-9-8-12-6-5-7-13(16)10-12/h5-7,10H,8-9,11H2,1-4H3,(H,17,19). The number of amides is 1. The fourth-order valence-corrected chi connectivity index (χ4v) is 3.64. The second-order valence-electron chi connectivity index (χ2n) is 6.17. The van der Waals surface area contributed by atoms with E-state index in [9.17, 15) is 13.2 Å². The number of nitrogens with one attached hydrogen (secondary N) is 1. The topological polar surface area (TPSA) is 66.5 Å². The Balaban J connectivity index is 2.55. The summed E-state index contributed by atoms with van der Waals surface area (Å²) in [5.74, 6) is -0.317. The van der Waals surface area contributed by atoms with Crippen LogP contribution in [0.2, 0.25) is 5.02 Å². The van der Waals surface area contributed by atoms with Crippen LogP contribution in [0, 0.1) is 0 Å². The number of benzene rings is 1. The number of hydrogen-bond donors (Lipinski definition) is 1. The summed E-state index contributed by atoms with van der Waals surface area (Å²) < 4.78 is 24.7. The predicted molar refractivity (Wildman–Crippen MR) is 89.5 cm³/mol. The molecule has 1 aromatic rings. The summed E-state index contributed by atoms with van der Waals surface area (Å²) in [6, 6.07) is 7.41. The Bertz CT molecular complexity index is 624. The average Bonchev–Trinajstić information content (AvgIpc) is 2.33. The minimum atomic E-state index is -3.45. The predicted octanol–water partition coefficient (Wildman–Crippen LogP) is 2.06. The molecule has 0 bridgehead atoms. The molecule has 0 unspecified atom stereocenters. The summed E-state index contributed by atoms with van der Waals surface area (Å²) in [6.07, 6.45) is 1.75. The summed E-state index contributed by atoms with van der Waals surface area (Å²) in [7, 11) is -3.45. The highest BCUT2D eigenvalue weighted by Gasteiger charge is 2.31. The van der Waals surface area contributed by atoms with E-state index in [-0.39, 0.29) is 12.5 Å². The van der Waals surface area contributed by atoms with Crippen molar-refractivity contribution in [2.24, 2.45) is 0 Å². The Kier molecular flexibility index (Phi) is 6.40. The number of sulfonamides is 1. The van der Waals surface area contributed by atoms with Gasteiger partial charge in [-0.15, -0.1) is 0 Å². The van der Waals surface area contributed by atoms with Gasteiger partial charge in [0.05, 0.1) is 12.8 Å². The number of halogens is 1. The zero-order valence-corrected chi connectivity index (χ0v) is 15.0. The lowest BCUT2D eigenvalue weighted by Gasteiger charge is -2.32. The van der Waals surface area contributed by atoms with Crippen molar-refractivity contribution in [3.8, 4) is 0 Å². The molecular formula is C15H23ClN2O3S. The van der Waals surface area contributed by atoms with Crippen molar-refractivity contribution in [3.05, 3.63) is 34.9 Å². The van der Waals surface area contributed by atoms with Crippen molar-refractivity contribution in [3.63, 3.8) is 0 Å². The summed E-state index contributed by atoms with van der Waals surface area (Å²) in [5.41, 5.74) is 0.376. The van der Waals surface area contributed by atoms with Gasteiger partial charge in [-0.1, -0.05) is 23.7 Å². The molecular weight excluding hydrogens is 324 g/mol. The lowest BCUT2D eigenvalue weighted by Crippen LogP contribution is -2.50. The average molecular weight is 347 g/mol. The second kappa shape index (κ2) is 7.44. The smallest absolute Gasteiger partial charge is 0.235 e. The molecule has 1 aromatic carbocycles. The first-order valence-corrected chi connectivity index (χ1v) is 9.22. The van der Waals surface area contributed by atoms with Crippen LogP contribution in [0.1, 0.15) is 26.3 Å². The molecule has 0 atom stereocenters. The highest BCUT2D eigenvalue weighted by Crippen LogP contribution is 2.16. The Morgan fingerprint density at radius 3 is 2.45 bits per heavy atom. The molecule has 0 radical (unpaired) electrons. The third-order valence-corrected chi connectivity index (χ3v) is 4.77. The highest BCUT2D eigenvalue weighted by molar-refractivity contribution is 7.88. The molecule has 1 rings (SSSR count). The second-order valence-corrected chi connectivity index (χ2v) is 8.51. The van der Waals surface area contributed by atoms with E-state index in [1.165, 1.54) is 4.31 Å². The Morgan fingerprint density at radius 2 is 1.95 bits per heavy atom. The largest absolute Gasteiger partial charge is 0.355 e. The van der Waals surface area contributed by atoms with Crippen molar-refractivity contribution in [1.82, 2.24) is 9.62 Å². The van der Waals surface area contributed by atoms with Gasteiger partial charge in [0.1, 0.15) is 0 Å². The number of hydrogen-bond acceptors (Lipinski definition) is 3. The van der Waals surface area contributed by atoms with Crippen LogP contribution in [0.3, 0.4) is 0 Å². The summed E-state index contributed by atoms with van der Waals surface area (Å²) >= 11 is 5.89. The van der Waals surface area contributed by atoms with Crippen molar-refractivity contribution in [2.45, 2.75) is 32.7 Å². The zero-order chi connectivity index (χ0) is 17.0. The fourth-order valence-electron chi connectivity index (χ4n) is 2.08. The maximum atomic E-state index is 12.0. The van der Waals surface area contributed by atoms with Crippen LogP contribution < -0.4 is 5.32 Å². The Hall–Kier alpha value is -1.11. The van der Waals surface area contributed by atoms with E-state index >= 15 is 0 Å². The van der Waals surface area contributed by atoms with Crippen molar-refractivity contribution in [1.29, 1.82) is 0 Å². The first kappa shape index (κ1) is 18.9. The summed E-state index contributed by atoms with van der Waals surface area (Å²) in [6.45, 7) is 5.52. The first-order valence-electron chi connectivity index (χ1n) is 6.99. The fraction of sp³-hybridized carbons (Fsp3) is 0.533. The molecule has 1 N–H and O–H groups in total. The maximum absolute atomic E-state index is 12.0. The minimum Gasteiger partial charge on any atom is -0.355 e. The van der Waals surface area contributed by atoms with Crippen molar-refractivity contribution < 1.29 is 13.2 Å². The van der Waals surface area contributed by atoms with Gasteiger partial charge in [-0.3, -0.25) is 4.79 Å². The molecule has 0 spiro atoms. The van der Waals surface area contributed by atoms with E-state index in [1.54, 1.807) is 26.8 Å². The van der Waals surface area contributed by atoms with Crippen LogP contribution in [-0.2, 0) is 21.2 Å². The number of carbonyl (C=O) groups is 1. The van der Waals surface area contributed by atoms with Gasteiger partial charge in [0, 0.05) is 17.1 Å². The van der Waals surface area contributed by atoms with Crippen molar-refractivity contribution in [2.75, 3.05) is 19.3 Å². The first-order chi connectivity index (χ1) is 10.00. The molecule has 0 aliphatic rings. The van der Waals surface area contributed by atoms with E-state index in [4.69, 9.17) is 11.6 Å². The van der Waals surface area contributed by atoms with Gasteiger partial charge in [-0.05, 0) is 44.9 Å². The van der Waals surface area contributed by atoms with E-state index in [0.29, 0.717) is 18.0 Å². The normalized spacial score (nSPS) is 12.5. The Labute approximate surface area is 137 Å². The third kappa shape index (κ3) is 6.34. The van der Waals surface area contributed by atoms with E-state index < -0.39 is 15.6 Å². The lowest BCUT2D eigenvalue weighted by atomic mass is 10.1. The van der Waals surface area contributed by atoms with Gasteiger partial charge in [-0.2, -0.15) is 4.31 Å². The molecule has 0 aromatic heterocycles. The maximum Gasteiger partial charge on any atom is 0.235 e. The van der Waals surface area contributed by atoms with E-state index in [2.05, 4.69) is 5.32 Å². The molecule has 0 aliphatic carbocycles. The molecule has 22 heavy (non-hydrogen) atoms. The van der Waals surface area contributed by atoms with Crippen molar-refractivity contribution >= 4 is 27.5 Å². The zero-order valence-electron chi connectivity index (χ0n) is 13.4. The molecule has 0 fully saturated rings. The Morgan fingerprint density at radius 1 is 1.32 bits per heavy atom. The number of nitrogens with zero attached hydrogens (tertiary/aromatic N) is 1. The molecule has 0 aliphatic heterocycles. The minimum absolute atomic E-state index is 0.183. The summed E-state index contributed by atoms with van der Waals surface area (Å²) in [4.78, 5) is 12.0. The third-order valence-electron chi connectivity index (χ3n) is 3.06. The molecule has 1 amide bonds. The molecule has 0 saturated heterocycles. The van der Waals surface area contributed by atoms with Gasteiger partial charge < -0.3 is 5.32 Å².